The van der Waals surface area contributed by atoms with Crippen LogP contribution in [0.15, 0.2) is 54.7 Å². The standard InChI is InChI=1S/C25H32/c1-16-7-8-20(17(2)13-16)9-10-21-14-18(3)22-23(19(21)4)25(6)12-11-24(22,5)15-25/h7-8,11-13,21-23H,3-4,9-10,14-15H2,1-2,5-6H3. The number of fused-ring (bicyclic) bond motifs is 5. The molecule has 132 valence electrons. The fourth-order valence-electron chi connectivity index (χ4n) is 6.42. The van der Waals surface area contributed by atoms with Crippen LogP contribution in [0.4, 0.5) is 0 Å². The Morgan fingerprint density at radius 3 is 2.40 bits per heavy atom. The average Bonchev–Trinajstić information content (AvgIpc) is 2.97. The van der Waals surface area contributed by atoms with Gasteiger partial charge in [-0.2, -0.15) is 0 Å². The van der Waals surface area contributed by atoms with Gasteiger partial charge in [0.05, 0.1) is 0 Å². The van der Waals surface area contributed by atoms with E-state index in [1.54, 1.807) is 0 Å². The second kappa shape index (κ2) is 5.47. The zero-order valence-corrected chi connectivity index (χ0v) is 16.4. The third-order valence-electron chi connectivity index (χ3n) is 7.49. The summed E-state index contributed by atoms with van der Waals surface area (Å²) in [4.78, 5) is 0. The Labute approximate surface area is 153 Å². The minimum Gasteiger partial charge on any atom is -0.0995 e. The molecule has 0 heterocycles. The van der Waals surface area contributed by atoms with Crippen molar-refractivity contribution in [1.29, 1.82) is 0 Å². The van der Waals surface area contributed by atoms with Crippen LogP contribution in [0.5, 0.6) is 0 Å². The van der Waals surface area contributed by atoms with Crippen molar-refractivity contribution >= 4 is 0 Å². The van der Waals surface area contributed by atoms with Crippen LogP contribution >= 0.6 is 0 Å². The number of hydrogen-bond donors (Lipinski definition) is 0. The van der Waals surface area contributed by atoms with E-state index >= 15 is 0 Å². The highest BCUT2D eigenvalue weighted by Gasteiger charge is 2.61. The van der Waals surface area contributed by atoms with Crippen LogP contribution in [0.25, 0.3) is 0 Å². The summed E-state index contributed by atoms with van der Waals surface area (Å²) in [7, 11) is 0. The molecule has 2 bridgehead atoms. The van der Waals surface area contributed by atoms with Crippen molar-refractivity contribution in [2.75, 3.05) is 0 Å². The Morgan fingerprint density at radius 2 is 1.72 bits per heavy atom. The maximum atomic E-state index is 4.64. The molecule has 0 amide bonds. The van der Waals surface area contributed by atoms with Gasteiger partial charge in [0.25, 0.3) is 0 Å². The van der Waals surface area contributed by atoms with Crippen LogP contribution in [0.1, 0.15) is 49.8 Å². The molecule has 2 fully saturated rings. The molecule has 5 unspecified atom stereocenters. The molecule has 0 N–H and O–H groups in total. The van der Waals surface area contributed by atoms with Gasteiger partial charge in [-0.3, -0.25) is 0 Å². The predicted molar refractivity (Wildman–Crippen MR) is 108 cm³/mol. The van der Waals surface area contributed by atoms with Gasteiger partial charge >= 0.3 is 0 Å². The van der Waals surface area contributed by atoms with Gasteiger partial charge in [0.15, 0.2) is 0 Å². The molecular formula is C25H32. The molecule has 5 atom stereocenters. The summed E-state index contributed by atoms with van der Waals surface area (Å²) < 4.78 is 0. The fraction of sp³-hybridized carbons (Fsp3) is 0.520. The van der Waals surface area contributed by atoms with Gasteiger partial charge in [-0.25, -0.2) is 0 Å². The van der Waals surface area contributed by atoms with Crippen LogP contribution in [0.2, 0.25) is 0 Å². The smallest absolute Gasteiger partial charge is 0.00403 e. The Bertz CT molecular complexity index is 779. The first kappa shape index (κ1) is 16.9. The van der Waals surface area contributed by atoms with Crippen LogP contribution < -0.4 is 0 Å². The third kappa shape index (κ3) is 2.48. The van der Waals surface area contributed by atoms with E-state index in [1.807, 2.05) is 0 Å². The van der Waals surface area contributed by atoms with E-state index in [9.17, 15) is 0 Å². The summed E-state index contributed by atoms with van der Waals surface area (Å²) >= 11 is 0. The number of rotatable bonds is 3. The molecule has 0 saturated heterocycles. The highest BCUT2D eigenvalue weighted by molar-refractivity contribution is 5.40. The van der Waals surface area contributed by atoms with Gasteiger partial charge in [-0.05, 0) is 79.2 Å². The van der Waals surface area contributed by atoms with E-state index in [0.29, 0.717) is 28.6 Å². The van der Waals surface area contributed by atoms with Crippen molar-refractivity contribution in [3.05, 3.63) is 71.3 Å². The molecule has 3 aliphatic carbocycles. The maximum absolute atomic E-state index is 4.64. The average molecular weight is 333 g/mol. The van der Waals surface area contributed by atoms with Crippen molar-refractivity contribution in [3.63, 3.8) is 0 Å². The van der Waals surface area contributed by atoms with E-state index in [0.717, 1.165) is 12.8 Å². The molecule has 3 aliphatic rings. The largest absolute Gasteiger partial charge is 0.0995 e. The minimum absolute atomic E-state index is 0.303. The molecule has 0 aliphatic heterocycles. The van der Waals surface area contributed by atoms with Gasteiger partial charge < -0.3 is 0 Å². The summed E-state index contributed by atoms with van der Waals surface area (Å²) in [6.07, 6.45) is 9.75. The topological polar surface area (TPSA) is 0 Å². The molecule has 0 heteroatoms. The van der Waals surface area contributed by atoms with Gasteiger partial charge in [-0.1, -0.05) is 74.1 Å². The summed E-state index contributed by atoms with van der Waals surface area (Å²) in [6.45, 7) is 18.5. The number of aryl methyl sites for hydroxylation is 3. The Balaban J connectivity index is 1.54. The van der Waals surface area contributed by atoms with Gasteiger partial charge in [0, 0.05) is 0 Å². The van der Waals surface area contributed by atoms with Crippen LogP contribution in [-0.2, 0) is 6.42 Å². The molecule has 25 heavy (non-hydrogen) atoms. The molecule has 0 nitrogen and oxygen atoms in total. The van der Waals surface area contributed by atoms with Crippen molar-refractivity contribution in [2.45, 2.75) is 53.4 Å². The number of allylic oxidation sites excluding steroid dienone is 4. The lowest BCUT2D eigenvalue weighted by molar-refractivity contribution is 0.224. The lowest BCUT2D eigenvalue weighted by Crippen LogP contribution is -2.38. The van der Waals surface area contributed by atoms with Crippen LogP contribution in [0, 0.1) is 42.4 Å². The maximum Gasteiger partial charge on any atom is -0.00403 e. The third-order valence-corrected chi connectivity index (χ3v) is 7.49. The van der Waals surface area contributed by atoms with Gasteiger partial charge in [0.1, 0.15) is 0 Å². The quantitative estimate of drug-likeness (QED) is 0.548. The normalized spacial score (nSPS) is 39.1. The molecule has 0 spiro atoms. The Morgan fingerprint density at radius 1 is 1.04 bits per heavy atom. The fourth-order valence-corrected chi connectivity index (χ4v) is 6.42. The lowest BCUT2D eigenvalue weighted by Gasteiger charge is -2.46. The summed E-state index contributed by atoms with van der Waals surface area (Å²) in [6, 6.07) is 6.87. The zero-order valence-electron chi connectivity index (χ0n) is 16.4. The number of benzene rings is 1. The monoisotopic (exact) mass is 332 g/mol. The van der Waals surface area contributed by atoms with Gasteiger partial charge in [0.2, 0.25) is 0 Å². The van der Waals surface area contributed by atoms with E-state index < -0.39 is 0 Å². The van der Waals surface area contributed by atoms with E-state index in [-0.39, 0.29) is 0 Å². The summed E-state index contributed by atoms with van der Waals surface area (Å²) in [5.41, 5.74) is 7.90. The molecule has 2 saturated carbocycles. The molecule has 4 rings (SSSR count). The van der Waals surface area contributed by atoms with Crippen LogP contribution in [0.3, 0.4) is 0 Å². The summed E-state index contributed by atoms with van der Waals surface area (Å²) in [5, 5.41) is 0. The molecule has 1 aromatic rings. The first-order chi connectivity index (χ1) is 11.7. The first-order valence-electron chi connectivity index (χ1n) is 9.86. The van der Waals surface area contributed by atoms with Crippen molar-refractivity contribution in [2.24, 2.45) is 28.6 Å². The highest BCUT2D eigenvalue weighted by atomic mass is 14.6. The highest BCUT2D eigenvalue weighted by Crippen LogP contribution is 2.69. The van der Waals surface area contributed by atoms with E-state index in [1.165, 1.54) is 40.7 Å². The molecule has 0 radical (unpaired) electrons. The minimum atomic E-state index is 0.303. The summed E-state index contributed by atoms with van der Waals surface area (Å²) in [5.74, 6) is 1.82. The van der Waals surface area contributed by atoms with E-state index in [4.69, 9.17) is 0 Å². The second-order valence-electron chi connectivity index (χ2n) is 9.58. The Kier molecular flexibility index (Phi) is 3.69. The zero-order chi connectivity index (χ0) is 18.0. The van der Waals surface area contributed by atoms with Crippen molar-refractivity contribution in [3.8, 4) is 0 Å². The predicted octanol–water partition coefficient (Wildman–Crippen LogP) is 6.59. The molecule has 0 aromatic heterocycles. The SMILES string of the molecule is C=C1CC(CCc2ccc(C)cc2C)C(=C)C2C1C1(C)C=CC2(C)C1. The van der Waals surface area contributed by atoms with Crippen molar-refractivity contribution in [1.82, 2.24) is 0 Å². The number of hydrogen-bond acceptors (Lipinski definition) is 0. The molecule has 1 aromatic carbocycles. The van der Waals surface area contributed by atoms with Gasteiger partial charge in [-0.15, -0.1) is 0 Å². The first-order valence-corrected chi connectivity index (χ1v) is 9.86. The van der Waals surface area contributed by atoms with E-state index in [2.05, 4.69) is 71.2 Å². The molecular weight excluding hydrogens is 300 g/mol. The Hall–Kier alpha value is -1.56. The van der Waals surface area contributed by atoms with Crippen molar-refractivity contribution < 1.29 is 0 Å². The lowest BCUT2D eigenvalue weighted by atomic mass is 9.58. The second-order valence-corrected chi connectivity index (χ2v) is 9.58. The van der Waals surface area contributed by atoms with Crippen LogP contribution in [-0.4, -0.2) is 0 Å².